The summed E-state index contributed by atoms with van der Waals surface area (Å²) in [6, 6.07) is 8.57. The van der Waals surface area contributed by atoms with Gasteiger partial charge in [-0.25, -0.2) is 4.98 Å². The summed E-state index contributed by atoms with van der Waals surface area (Å²) in [7, 11) is 1.73. The minimum atomic E-state index is 0.760. The van der Waals surface area contributed by atoms with Gasteiger partial charge in [0.15, 0.2) is 0 Å². The van der Waals surface area contributed by atoms with Gasteiger partial charge in [0.05, 0.1) is 18.5 Å². The van der Waals surface area contributed by atoms with Crippen LogP contribution in [0.2, 0.25) is 0 Å². The van der Waals surface area contributed by atoms with E-state index in [0.717, 1.165) is 50.4 Å². The molecule has 0 atom stereocenters. The number of hydrogen-bond acceptors (Lipinski definition) is 3. The van der Waals surface area contributed by atoms with Crippen molar-refractivity contribution in [3.63, 3.8) is 0 Å². The molecular formula is C17H25N3O. The molecule has 0 bridgehead atoms. The zero-order valence-corrected chi connectivity index (χ0v) is 12.8. The number of aryl methyl sites for hydroxylation is 1. The SMILES string of the molecule is COCCc1ccc(-c2cnc(CCCCCN)[nH]2)cc1. The summed E-state index contributed by atoms with van der Waals surface area (Å²) in [6.07, 6.45) is 7.26. The molecule has 21 heavy (non-hydrogen) atoms. The molecule has 114 valence electrons. The van der Waals surface area contributed by atoms with Crippen LogP contribution in [-0.4, -0.2) is 30.2 Å². The number of methoxy groups -OCH3 is 1. The number of nitrogens with two attached hydrogens (primary N) is 1. The molecule has 0 amide bonds. The van der Waals surface area contributed by atoms with E-state index in [0.29, 0.717) is 0 Å². The Labute approximate surface area is 126 Å². The third-order valence-electron chi connectivity index (χ3n) is 3.61. The summed E-state index contributed by atoms with van der Waals surface area (Å²) in [4.78, 5) is 7.86. The van der Waals surface area contributed by atoms with Crippen LogP contribution in [0.3, 0.4) is 0 Å². The average Bonchev–Trinajstić information content (AvgIpc) is 2.99. The van der Waals surface area contributed by atoms with Crippen molar-refractivity contribution in [2.24, 2.45) is 5.73 Å². The molecular weight excluding hydrogens is 262 g/mol. The summed E-state index contributed by atoms with van der Waals surface area (Å²) < 4.78 is 5.09. The second kappa shape index (κ2) is 8.60. The first-order valence-electron chi connectivity index (χ1n) is 7.65. The highest BCUT2D eigenvalue weighted by Crippen LogP contribution is 2.18. The normalized spacial score (nSPS) is 11.0. The standard InChI is InChI=1S/C17H25N3O/c1-21-12-10-14-6-8-15(9-7-14)16-13-19-17(20-16)5-3-2-4-11-18/h6-9,13H,2-5,10-12,18H2,1H3,(H,19,20). The molecule has 1 heterocycles. The van der Waals surface area contributed by atoms with Crippen LogP contribution in [0.5, 0.6) is 0 Å². The largest absolute Gasteiger partial charge is 0.384 e. The highest BCUT2D eigenvalue weighted by atomic mass is 16.5. The predicted octanol–water partition coefficient (Wildman–Crippen LogP) is 2.94. The molecule has 1 aromatic heterocycles. The lowest BCUT2D eigenvalue weighted by Gasteiger charge is -2.02. The van der Waals surface area contributed by atoms with Crippen molar-refractivity contribution in [3.8, 4) is 11.3 Å². The van der Waals surface area contributed by atoms with Crippen LogP contribution in [0, 0.1) is 0 Å². The van der Waals surface area contributed by atoms with Gasteiger partial charge in [-0.15, -0.1) is 0 Å². The highest BCUT2D eigenvalue weighted by Gasteiger charge is 2.03. The molecule has 0 radical (unpaired) electrons. The zero-order chi connectivity index (χ0) is 14.9. The number of imidazole rings is 1. The van der Waals surface area contributed by atoms with E-state index in [-0.39, 0.29) is 0 Å². The molecule has 2 rings (SSSR count). The number of hydrogen-bond donors (Lipinski definition) is 2. The second-order valence-electron chi connectivity index (χ2n) is 5.28. The number of ether oxygens (including phenoxy) is 1. The molecule has 3 N–H and O–H groups in total. The molecule has 0 aliphatic carbocycles. The molecule has 0 saturated heterocycles. The van der Waals surface area contributed by atoms with E-state index in [2.05, 4.69) is 34.2 Å². The molecule has 0 spiro atoms. The molecule has 4 heteroatoms. The van der Waals surface area contributed by atoms with Gasteiger partial charge >= 0.3 is 0 Å². The molecule has 0 saturated carbocycles. The van der Waals surface area contributed by atoms with Gasteiger partial charge in [0, 0.05) is 13.5 Å². The van der Waals surface area contributed by atoms with Crippen LogP contribution in [0.4, 0.5) is 0 Å². The van der Waals surface area contributed by atoms with Crippen LogP contribution >= 0.6 is 0 Å². The lowest BCUT2D eigenvalue weighted by atomic mass is 10.1. The summed E-state index contributed by atoms with van der Waals surface area (Å²) in [5.41, 5.74) is 9.06. The van der Waals surface area contributed by atoms with Crippen molar-refractivity contribution in [1.29, 1.82) is 0 Å². The quantitative estimate of drug-likeness (QED) is 0.697. The van der Waals surface area contributed by atoms with E-state index in [9.17, 15) is 0 Å². The fourth-order valence-corrected chi connectivity index (χ4v) is 2.32. The Balaban J connectivity index is 1.91. The number of nitrogens with zero attached hydrogens (tertiary/aromatic N) is 1. The number of aromatic amines is 1. The van der Waals surface area contributed by atoms with E-state index in [1.54, 1.807) is 7.11 Å². The van der Waals surface area contributed by atoms with E-state index in [1.165, 1.54) is 17.5 Å². The summed E-state index contributed by atoms with van der Waals surface area (Å²) in [5.74, 6) is 1.06. The third-order valence-corrected chi connectivity index (χ3v) is 3.61. The summed E-state index contributed by atoms with van der Waals surface area (Å²) in [6.45, 7) is 1.54. The first-order valence-corrected chi connectivity index (χ1v) is 7.65. The van der Waals surface area contributed by atoms with Crippen LogP contribution in [0.1, 0.15) is 30.7 Å². The van der Waals surface area contributed by atoms with Crippen molar-refractivity contribution < 1.29 is 4.74 Å². The van der Waals surface area contributed by atoms with Gasteiger partial charge in [-0.2, -0.15) is 0 Å². The number of H-pyrrole nitrogens is 1. The van der Waals surface area contributed by atoms with Crippen molar-refractivity contribution in [3.05, 3.63) is 41.9 Å². The third kappa shape index (κ3) is 4.99. The number of aromatic nitrogens is 2. The van der Waals surface area contributed by atoms with Gasteiger partial charge < -0.3 is 15.5 Å². The monoisotopic (exact) mass is 287 g/mol. The number of benzene rings is 1. The van der Waals surface area contributed by atoms with Gasteiger partial charge in [0.1, 0.15) is 5.82 Å². The van der Waals surface area contributed by atoms with Crippen LogP contribution < -0.4 is 5.73 Å². The van der Waals surface area contributed by atoms with E-state index in [1.807, 2.05) is 6.20 Å². The van der Waals surface area contributed by atoms with Crippen molar-refractivity contribution in [2.45, 2.75) is 32.1 Å². The first kappa shape index (κ1) is 15.7. The maximum absolute atomic E-state index is 5.50. The van der Waals surface area contributed by atoms with E-state index < -0.39 is 0 Å². The van der Waals surface area contributed by atoms with Crippen molar-refractivity contribution >= 4 is 0 Å². The highest BCUT2D eigenvalue weighted by molar-refractivity contribution is 5.58. The van der Waals surface area contributed by atoms with Crippen LogP contribution in [0.15, 0.2) is 30.5 Å². The first-order chi connectivity index (χ1) is 10.3. The smallest absolute Gasteiger partial charge is 0.106 e. The number of nitrogens with one attached hydrogen (secondary N) is 1. The van der Waals surface area contributed by atoms with E-state index >= 15 is 0 Å². The topological polar surface area (TPSA) is 63.9 Å². The molecule has 0 unspecified atom stereocenters. The summed E-state index contributed by atoms with van der Waals surface area (Å²) >= 11 is 0. The molecule has 1 aromatic carbocycles. The lowest BCUT2D eigenvalue weighted by molar-refractivity contribution is 0.202. The van der Waals surface area contributed by atoms with Gasteiger partial charge in [-0.1, -0.05) is 30.7 Å². The Morgan fingerprint density at radius 2 is 1.90 bits per heavy atom. The predicted molar refractivity (Wildman–Crippen MR) is 86.2 cm³/mol. The molecule has 0 aliphatic heterocycles. The fraction of sp³-hybridized carbons (Fsp3) is 0.471. The number of unbranched alkanes of at least 4 members (excludes halogenated alkanes) is 2. The van der Waals surface area contributed by atoms with Gasteiger partial charge in [-0.05, 0) is 36.9 Å². The summed E-state index contributed by atoms with van der Waals surface area (Å²) in [5, 5.41) is 0. The lowest BCUT2D eigenvalue weighted by Crippen LogP contribution is -1.98. The van der Waals surface area contributed by atoms with Crippen molar-refractivity contribution in [1.82, 2.24) is 9.97 Å². The minimum Gasteiger partial charge on any atom is -0.384 e. The fourth-order valence-electron chi connectivity index (χ4n) is 2.32. The zero-order valence-electron chi connectivity index (χ0n) is 12.8. The van der Waals surface area contributed by atoms with Crippen LogP contribution in [0.25, 0.3) is 11.3 Å². The Hall–Kier alpha value is -1.65. The number of rotatable bonds is 9. The Kier molecular flexibility index (Phi) is 6.44. The van der Waals surface area contributed by atoms with Crippen molar-refractivity contribution in [2.75, 3.05) is 20.3 Å². The molecule has 4 nitrogen and oxygen atoms in total. The molecule has 0 fully saturated rings. The Bertz CT molecular complexity index is 519. The van der Waals surface area contributed by atoms with Gasteiger partial charge in [0.2, 0.25) is 0 Å². The molecule has 0 aliphatic rings. The van der Waals surface area contributed by atoms with Crippen LogP contribution in [-0.2, 0) is 17.6 Å². The van der Waals surface area contributed by atoms with Gasteiger partial charge in [-0.3, -0.25) is 0 Å². The Morgan fingerprint density at radius 3 is 2.62 bits per heavy atom. The van der Waals surface area contributed by atoms with Gasteiger partial charge in [0.25, 0.3) is 0 Å². The second-order valence-corrected chi connectivity index (χ2v) is 5.28. The maximum Gasteiger partial charge on any atom is 0.106 e. The Morgan fingerprint density at radius 1 is 1.10 bits per heavy atom. The molecule has 2 aromatic rings. The van der Waals surface area contributed by atoms with E-state index in [4.69, 9.17) is 10.5 Å². The minimum absolute atomic E-state index is 0.760. The average molecular weight is 287 g/mol. The maximum atomic E-state index is 5.50.